The van der Waals surface area contributed by atoms with Crippen LogP contribution in [0.25, 0.3) is 0 Å². The van der Waals surface area contributed by atoms with Crippen LogP contribution in [0.1, 0.15) is 24.8 Å². The molecule has 0 radical (unpaired) electrons. The van der Waals surface area contributed by atoms with Crippen LogP contribution in [0.5, 0.6) is 5.75 Å². The van der Waals surface area contributed by atoms with E-state index in [9.17, 15) is 8.78 Å². The Balaban J connectivity index is 2.34. The first-order valence-electron chi connectivity index (χ1n) is 5.12. The quantitative estimate of drug-likeness (QED) is 0.746. The second-order valence-corrected chi connectivity index (χ2v) is 4.04. The summed E-state index contributed by atoms with van der Waals surface area (Å²) in [5.74, 6) is 0.652. The minimum Gasteiger partial charge on any atom is -0.497 e. The lowest BCUT2D eigenvalue weighted by Crippen LogP contribution is -2.41. The molecule has 2 rings (SSSR count). The molecular weight excluding hydrogens is 198 g/mol. The Morgan fingerprint density at radius 2 is 2.07 bits per heavy atom. The van der Waals surface area contributed by atoms with E-state index in [-0.39, 0.29) is 0 Å². The van der Waals surface area contributed by atoms with Gasteiger partial charge in [0.1, 0.15) is 5.75 Å². The van der Waals surface area contributed by atoms with E-state index in [1.54, 1.807) is 31.4 Å². The van der Waals surface area contributed by atoms with Crippen LogP contribution in [-0.4, -0.2) is 13.5 Å². The summed E-state index contributed by atoms with van der Waals surface area (Å²) < 4.78 is 31.1. The summed E-state index contributed by atoms with van der Waals surface area (Å²) in [5, 5.41) is 0. The molecule has 82 valence electrons. The molecule has 1 aliphatic rings. The van der Waals surface area contributed by atoms with Gasteiger partial charge in [-0.1, -0.05) is 18.6 Å². The number of ether oxygens (including phenoxy) is 1. The standard InChI is InChI=1S/C12H14F2O/c1-15-10-5-2-4-9(8-10)12(11(13)14)6-3-7-12/h2,4-5,8,11H,3,6-7H2,1H3. The molecule has 1 nitrogen and oxygen atoms in total. The Morgan fingerprint density at radius 3 is 2.53 bits per heavy atom. The minimum absolute atomic E-state index is 0.581. The van der Waals surface area contributed by atoms with Crippen molar-refractivity contribution >= 4 is 0 Å². The third kappa shape index (κ3) is 1.60. The molecule has 0 atom stereocenters. The molecule has 0 N–H and O–H groups in total. The van der Waals surface area contributed by atoms with Gasteiger partial charge in [0.15, 0.2) is 0 Å². The zero-order valence-electron chi connectivity index (χ0n) is 8.67. The van der Waals surface area contributed by atoms with Gasteiger partial charge in [0.05, 0.1) is 12.5 Å². The van der Waals surface area contributed by atoms with Gasteiger partial charge < -0.3 is 4.74 Å². The number of alkyl halides is 2. The first-order valence-corrected chi connectivity index (χ1v) is 5.12. The van der Waals surface area contributed by atoms with Crippen molar-refractivity contribution < 1.29 is 13.5 Å². The monoisotopic (exact) mass is 212 g/mol. The molecule has 0 heterocycles. The van der Waals surface area contributed by atoms with Crippen LogP contribution in [0, 0.1) is 0 Å². The Hall–Kier alpha value is -1.12. The van der Waals surface area contributed by atoms with Gasteiger partial charge in [0, 0.05) is 0 Å². The summed E-state index contributed by atoms with van der Waals surface area (Å²) in [4.78, 5) is 0. The van der Waals surface area contributed by atoms with E-state index >= 15 is 0 Å². The van der Waals surface area contributed by atoms with Crippen molar-refractivity contribution in [3.63, 3.8) is 0 Å². The fourth-order valence-electron chi connectivity index (χ4n) is 2.12. The van der Waals surface area contributed by atoms with Gasteiger partial charge in [0.2, 0.25) is 6.43 Å². The normalized spacial score (nSPS) is 18.7. The average Bonchev–Trinajstić information content (AvgIpc) is 2.16. The lowest BCUT2D eigenvalue weighted by atomic mass is 9.64. The molecule has 0 bridgehead atoms. The highest BCUT2D eigenvalue weighted by Gasteiger charge is 2.46. The number of halogens is 2. The summed E-state index contributed by atoms with van der Waals surface area (Å²) in [7, 11) is 1.55. The third-order valence-electron chi connectivity index (χ3n) is 3.31. The van der Waals surface area contributed by atoms with E-state index in [0.717, 1.165) is 6.42 Å². The maximum atomic E-state index is 13.0. The molecule has 1 aromatic rings. The van der Waals surface area contributed by atoms with E-state index < -0.39 is 11.8 Å². The van der Waals surface area contributed by atoms with E-state index in [1.807, 2.05) is 0 Å². The van der Waals surface area contributed by atoms with Crippen molar-refractivity contribution in [2.24, 2.45) is 0 Å². The Labute approximate surface area is 88.1 Å². The number of methoxy groups -OCH3 is 1. The lowest BCUT2D eigenvalue weighted by Gasteiger charge is -2.41. The van der Waals surface area contributed by atoms with Crippen molar-refractivity contribution in [2.75, 3.05) is 7.11 Å². The Kier molecular flexibility index (Phi) is 2.63. The van der Waals surface area contributed by atoms with E-state index in [2.05, 4.69) is 0 Å². The average molecular weight is 212 g/mol. The van der Waals surface area contributed by atoms with Gasteiger partial charge in [0.25, 0.3) is 0 Å². The van der Waals surface area contributed by atoms with Crippen molar-refractivity contribution in [1.29, 1.82) is 0 Å². The number of rotatable bonds is 3. The van der Waals surface area contributed by atoms with E-state index in [0.29, 0.717) is 24.2 Å². The largest absolute Gasteiger partial charge is 0.497 e. The molecular formula is C12H14F2O. The van der Waals surface area contributed by atoms with Crippen molar-refractivity contribution in [3.05, 3.63) is 29.8 Å². The van der Waals surface area contributed by atoms with Gasteiger partial charge in [-0.05, 0) is 30.5 Å². The van der Waals surface area contributed by atoms with Gasteiger partial charge in [-0.25, -0.2) is 8.78 Å². The van der Waals surface area contributed by atoms with Gasteiger partial charge in [-0.15, -0.1) is 0 Å². The van der Waals surface area contributed by atoms with Crippen LogP contribution in [-0.2, 0) is 5.41 Å². The zero-order chi connectivity index (χ0) is 10.9. The Morgan fingerprint density at radius 1 is 1.33 bits per heavy atom. The molecule has 0 aromatic heterocycles. The molecule has 1 saturated carbocycles. The highest BCUT2D eigenvalue weighted by Crippen LogP contribution is 2.48. The van der Waals surface area contributed by atoms with Gasteiger partial charge >= 0.3 is 0 Å². The first kappa shape index (κ1) is 10.4. The van der Waals surface area contributed by atoms with Crippen LogP contribution >= 0.6 is 0 Å². The maximum Gasteiger partial charge on any atom is 0.248 e. The highest BCUT2D eigenvalue weighted by molar-refractivity contribution is 5.36. The molecule has 0 unspecified atom stereocenters. The van der Waals surface area contributed by atoms with Crippen molar-refractivity contribution in [1.82, 2.24) is 0 Å². The summed E-state index contributed by atoms with van der Waals surface area (Å²) in [6.45, 7) is 0. The highest BCUT2D eigenvalue weighted by atomic mass is 19.3. The number of benzene rings is 1. The predicted octanol–water partition coefficient (Wildman–Crippen LogP) is 3.38. The predicted molar refractivity (Wildman–Crippen MR) is 54.5 cm³/mol. The first-order chi connectivity index (χ1) is 7.19. The molecule has 0 spiro atoms. The molecule has 1 fully saturated rings. The van der Waals surface area contributed by atoms with Crippen LogP contribution in [0.3, 0.4) is 0 Å². The fourth-order valence-corrected chi connectivity index (χ4v) is 2.12. The molecule has 1 aromatic carbocycles. The van der Waals surface area contributed by atoms with E-state index in [4.69, 9.17) is 4.74 Å². The number of hydrogen-bond donors (Lipinski definition) is 0. The summed E-state index contributed by atoms with van der Waals surface area (Å²) >= 11 is 0. The molecule has 0 saturated heterocycles. The smallest absolute Gasteiger partial charge is 0.248 e. The molecule has 1 aliphatic carbocycles. The van der Waals surface area contributed by atoms with Crippen LogP contribution in [0.4, 0.5) is 8.78 Å². The van der Waals surface area contributed by atoms with Crippen LogP contribution < -0.4 is 4.74 Å². The van der Waals surface area contributed by atoms with Gasteiger partial charge in [-0.3, -0.25) is 0 Å². The van der Waals surface area contributed by atoms with Crippen LogP contribution in [0.2, 0.25) is 0 Å². The zero-order valence-corrected chi connectivity index (χ0v) is 8.67. The third-order valence-corrected chi connectivity index (χ3v) is 3.31. The molecule has 0 amide bonds. The number of hydrogen-bond acceptors (Lipinski definition) is 1. The SMILES string of the molecule is COc1cccc(C2(C(F)F)CCC2)c1. The lowest BCUT2D eigenvalue weighted by molar-refractivity contribution is 0.000745. The van der Waals surface area contributed by atoms with Crippen LogP contribution in [0.15, 0.2) is 24.3 Å². The second kappa shape index (κ2) is 3.80. The molecule has 3 heteroatoms. The van der Waals surface area contributed by atoms with E-state index in [1.165, 1.54) is 0 Å². The van der Waals surface area contributed by atoms with Crippen molar-refractivity contribution in [3.8, 4) is 5.75 Å². The fraction of sp³-hybridized carbons (Fsp3) is 0.500. The minimum atomic E-state index is -2.28. The molecule has 15 heavy (non-hydrogen) atoms. The summed E-state index contributed by atoms with van der Waals surface area (Å²) in [6.07, 6.45) is -0.227. The topological polar surface area (TPSA) is 9.23 Å². The Bertz CT molecular complexity index is 345. The summed E-state index contributed by atoms with van der Waals surface area (Å²) in [5.41, 5.74) is -0.197. The van der Waals surface area contributed by atoms with Gasteiger partial charge in [-0.2, -0.15) is 0 Å². The molecule has 0 aliphatic heterocycles. The summed E-state index contributed by atoms with van der Waals surface area (Å²) in [6, 6.07) is 7.05. The maximum absolute atomic E-state index is 13.0. The second-order valence-electron chi connectivity index (χ2n) is 4.04. The van der Waals surface area contributed by atoms with Crippen molar-refractivity contribution in [2.45, 2.75) is 31.1 Å².